The van der Waals surface area contributed by atoms with E-state index in [0.717, 1.165) is 34.4 Å². The molecular formula is C18H18N2. The predicted molar refractivity (Wildman–Crippen MR) is 85.6 cm³/mol. The van der Waals surface area contributed by atoms with Crippen LogP contribution >= 0.6 is 0 Å². The molecule has 0 spiro atoms. The number of hydrogen-bond donors (Lipinski definition) is 1. The first-order chi connectivity index (χ1) is 9.76. The Hall–Kier alpha value is -2.35. The molecule has 0 atom stereocenters. The van der Waals surface area contributed by atoms with E-state index in [1.54, 1.807) is 0 Å². The number of nitrogens with zero attached hydrogens (tertiary/aromatic N) is 1. The third-order valence-electron chi connectivity index (χ3n) is 3.49. The second-order valence-corrected chi connectivity index (χ2v) is 5.00. The largest absolute Gasteiger partial charge is 0.355 e. The van der Waals surface area contributed by atoms with Gasteiger partial charge in [-0.3, -0.25) is 4.98 Å². The van der Waals surface area contributed by atoms with Crippen LogP contribution in [0, 0.1) is 6.92 Å². The summed E-state index contributed by atoms with van der Waals surface area (Å²) in [6, 6.07) is 18.9. The van der Waals surface area contributed by atoms with Gasteiger partial charge in [0, 0.05) is 22.5 Å². The van der Waals surface area contributed by atoms with Gasteiger partial charge in [-0.15, -0.1) is 0 Å². The van der Waals surface area contributed by atoms with E-state index in [1.165, 1.54) is 5.56 Å². The Morgan fingerprint density at radius 1 is 1.00 bits per heavy atom. The maximum Gasteiger partial charge on any atom is 0.0726 e. The number of aromatic nitrogens is 1. The summed E-state index contributed by atoms with van der Waals surface area (Å²) in [5.74, 6) is 0. The van der Waals surface area contributed by atoms with Crippen LogP contribution in [0.3, 0.4) is 0 Å². The average Bonchev–Trinajstić information content (AvgIpc) is 2.48. The van der Waals surface area contributed by atoms with E-state index >= 15 is 0 Å². The first-order valence-corrected chi connectivity index (χ1v) is 6.98. The topological polar surface area (TPSA) is 24.9 Å². The molecule has 2 heteroatoms. The first kappa shape index (κ1) is 12.7. The summed E-state index contributed by atoms with van der Waals surface area (Å²) in [5, 5.41) is 4.65. The van der Waals surface area contributed by atoms with Crippen LogP contribution in [0.4, 0.5) is 11.4 Å². The minimum Gasteiger partial charge on any atom is -0.355 e. The summed E-state index contributed by atoms with van der Waals surface area (Å²) in [6.07, 6.45) is 1.07. The molecular weight excluding hydrogens is 244 g/mol. The fraction of sp³-hybridized carbons (Fsp3) is 0.167. The first-order valence-electron chi connectivity index (χ1n) is 6.98. The van der Waals surface area contributed by atoms with Gasteiger partial charge in [-0.05, 0) is 43.2 Å². The van der Waals surface area contributed by atoms with Crippen LogP contribution in [0.2, 0.25) is 0 Å². The fourth-order valence-electron chi connectivity index (χ4n) is 2.39. The lowest BCUT2D eigenvalue weighted by molar-refractivity contribution is 1.14. The van der Waals surface area contributed by atoms with Gasteiger partial charge >= 0.3 is 0 Å². The van der Waals surface area contributed by atoms with Crippen LogP contribution in [-0.4, -0.2) is 4.98 Å². The number of benzene rings is 2. The number of fused-ring (bicyclic) bond motifs is 1. The molecule has 2 aromatic carbocycles. The van der Waals surface area contributed by atoms with Gasteiger partial charge in [0.25, 0.3) is 0 Å². The minimum atomic E-state index is 1.02. The molecule has 0 saturated heterocycles. The molecule has 0 bridgehead atoms. The van der Waals surface area contributed by atoms with E-state index in [2.05, 4.69) is 53.6 Å². The zero-order valence-electron chi connectivity index (χ0n) is 11.9. The third kappa shape index (κ3) is 2.50. The van der Waals surface area contributed by atoms with Crippen LogP contribution in [-0.2, 0) is 6.42 Å². The summed E-state index contributed by atoms with van der Waals surface area (Å²) < 4.78 is 0. The van der Waals surface area contributed by atoms with E-state index in [4.69, 9.17) is 0 Å². The monoisotopic (exact) mass is 262 g/mol. The lowest BCUT2D eigenvalue weighted by atomic mass is 10.1. The SMILES string of the molecule is CCc1ccc(Nc2cc(C)nc3ccccc23)cc1. The van der Waals surface area contributed by atoms with Crippen molar-refractivity contribution in [2.75, 3.05) is 5.32 Å². The molecule has 0 aliphatic heterocycles. The van der Waals surface area contributed by atoms with Gasteiger partial charge in [0.05, 0.1) is 5.52 Å². The smallest absolute Gasteiger partial charge is 0.0726 e. The van der Waals surface area contributed by atoms with Crippen molar-refractivity contribution in [2.45, 2.75) is 20.3 Å². The summed E-state index contributed by atoms with van der Waals surface area (Å²) >= 11 is 0. The van der Waals surface area contributed by atoms with Gasteiger partial charge < -0.3 is 5.32 Å². The quantitative estimate of drug-likeness (QED) is 0.730. The van der Waals surface area contributed by atoms with Crippen LogP contribution in [0.25, 0.3) is 10.9 Å². The van der Waals surface area contributed by atoms with Crippen molar-refractivity contribution in [3.8, 4) is 0 Å². The molecule has 100 valence electrons. The molecule has 0 amide bonds. The number of hydrogen-bond acceptors (Lipinski definition) is 2. The molecule has 1 N–H and O–H groups in total. The Labute approximate surface area is 119 Å². The standard InChI is InChI=1S/C18H18N2/c1-3-14-8-10-15(11-9-14)20-18-12-13(2)19-17-7-5-4-6-16(17)18/h4-12H,3H2,1-2H3,(H,19,20). The van der Waals surface area contributed by atoms with Crippen LogP contribution in [0.5, 0.6) is 0 Å². The molecule has 0 saturated carbocycles. The molecule has 3 aromatic rings. The lowest BCUT2D eigenvalue weighted by Gasteiger charge is -2.11. The van der Waals surface area contributed by atoms with Crippen molar-refractivity contribution in [1.82, 2.24) is 4.98 Å². The normalized spacial score (nSPS) is 10.7. The summed E-state index contributed by atoms with van der Waals surface area (Å²) in [7, 11) is 0. The van der Waals surface area contributed by atoms with E-state index in [-0.39, 0.29) is 0 Å². The zero-order chi connectivity index (χ0) is 13.9. The highest BCUT2D eigenvalue weighted by atomic mass is 14.9. The Morgan fingerprint density at radius 3 is 2.50 bits per heavy atom. The number of anilines is 2. The van der Waals surface area contributed by atoms with E-state index in [1.807, 2.05) is 25.1 Å². The van der Waals surface area contributed by atoms with Gasteiger partial charge in [-0.25, -0.2) is 0 Å². The fourth-order valence-corrected chi connectivity index (χ4v) is 2.39. The second kappa shape index (κ2) is 5.33. The average molecular weight is 262 g/mol. The highest BCUT2D eigenvalue weighted by Crippen LogP contribution is 2.26. The Kier molecular flexibility index (Phi) is 3.38. The van der Waals surface area contributed by atoms with Gasteiger partial charge in [0.15, 0.2) is 0 Å². The summed E-state index contributed by atoms with van der Waals surface area (Å²) in [4.78, 5) is 4.57. The van der Waals surface area contributed by atoms with Crippen molar-refractivity contribution in [3.05, 3.63) is 65.9 Å². The van der Waals surface area contributed by atoms with Gasteiger partial charge in [-0.1, -0.05) is 37.3 Å². The summed E-state index contributed by atoms with van der Waals surface area (Å²) in [5.41, 5.74) is 5.62. The number of para-hydroxylation sites is 1. The number of rotatable bonds is 3. The van der Waals surface area contributed by atoms with E-state index < -0.39 is 0 Å². The van der Waals surface area contributed by atoms with E-state index in [0.29, 0.717) is 0 Å². The maximum absolute atomic E-state index is 4.57. The highest BCUT2D eigenvalue weighted by molar-refractivity contribution is 5.93. The van der Waals surface area contributed by atoms with Crippen molar-refractivity contribution in [1.29, 1.82) is 0 Å². The van der Waals surface area contributed by atoms with Crippen LogP contribution < -0.4 is 5.32 Å². The molecule has 0 unspecified atom stereocenters. The van der Waals surface area contributed by atoms with Crippen molar-refractivity contribution in [2.24, 2.45) is 0 Å². The second-order valence-electron chi connectivity index (χ2n) is 5.00. The Balaban J connectivity index is 2.01. The Morgan fingerprint density at radius 2 is 1.75 bits per heavy atom. The van der Waals surface area contributed by atoms with Gasteiger partial charge in [0.1, 0.15) is 0 Å². The third-order valence-corrected chi connectivity index (χ3v) is 3.49. The molecule has 0 radical (unpaired) electrons. The number of pyridine rings is 1. The maximum atomic E-state index is 4.57. The number of nitrogens with one attached hydrogen (secondary N) is 1. The molecule has 0 aliphatic carbocycles. The molecule has 1 aromatic heterocycles. The van der Waals surface area contributed by atoms with Crippen molar-refractivity contribution in [3.63, 3.8) is 0 Å². The summed E-state index contributed by atoms with van der Waals surface area (Å²) in [6.45, 7) is 4.19. The van der Waals surface area contributed by atoms with Crippen LogP contribution in [0.1, 0.15) is 18.2 Å². The predicted octanol–water partition coefficient (Wildman–Crippen LogP) is 4.85. The molecule has 1 heterocycles. The van der Waals surface area contributed by atoms with Gasteiger partial charge in [-0.2, -0.15) is 0 Å². The molecule has 20 heavy (non-hydrogen) atoms. The van der Waals surface area contributed by atoms with Gasteiger partial charge in [0.2, 0.25) is 0 Å². The van der Waals surface area contributed by atoms with Crippen LogP contribution in [0.15, 0.2) is 54.6 Å². The lowest BCUT2D eigenvalue weighted by Crippen LogP contribution is -1.94. The minimum absolute atomic E-state index is 1.02. The van der Waals surface area contributed by atoms with Crippen molar-refractivity contribution >= 4 is 22.3 Å². The molecule has 0 aliphatic rings. The Bertz CT molecular complexity index is 730. The van der Waals surface area contributed by atoms with E-state index in [9.17, 15) is 0 Å². The molecule has 0 fully saturated rings. The molecule has 2 nitrogen and oxygen atoms in total. The molecule has 3 rings (SSSR count). The number of aryl methyl sites for hydroxylation is 2. The zero-order valence-corrected chi connectivity index (χ0v) is 11.9. The highest BCUT2D eigenvalue weighted by Gasteiger charge is 2.03. The van der Waals surface area contributed by atoms with Crippen molar-refractivity contribution < 1.29 is 0 Å².